The Labute approximate surface area is 110 Å². The van der Waals surface area contributed by atoms with Crippen molar-refractivity contribution in [2.45, 2.75) is 11.3 Å². The average Bonchev–Trinajstić information content (AvgIpc) is 2.82. The van der Waals surface area contributed by atoms with E-state index in [1.807, 2.05) is 0 Å². The Morgan fingerprint density at radius 2 is 2.00 bits per heavy atom. The molecule has 2 aromatic carbocycles. The molecule has 1 heterocycles. The largest absolute Gasteiger partial charge is 0.465 e. The first-order chi connectivity index (χ1) is 8.81. The third-order valence-electron chi connectivity index (χ3n) is 3.14. The molecule has 92 valence electrons. The van der Waals surface area contributed by atoms with Crippen LogP contribution in [0.1, 0.15) is 6.42 Å². The molecule has 0 radical (unpaired) electrons. The first-order valence-electron chi connectivity index (χ1n) is 6.08. The highest BCUT2D eigenvalue weighted by Gasteiger charge is 2.23. The van der Waals surface area contributed by atoms with E-state index < -0.39 is 0 Å². The summed E-state index contributed by atoms with van der Waals surface area (Å²) in [6, 6.07) is 14.8. The maximum Gasteiger partial charge on any atom is 0.306 e. The number of carbonyl (C=O) groups excluding carboxylic acids is 1. The summed E-state index contributed by atoms with van der Waals surface area (Å²) in [5.41, 5.74) is 0. The van der Waals surface area contributed by atoms with Crippen LogP contribution in [0.15, 0.2) is 47.4 Å². The van der Waals surface area contributed by atoms with E-state index in [2.05, 4.69) is 42.5 Å². The second kappa shape index (κ2) is 5.02. The molecule has 1 atom stereocenters. The van der Waals surface area contributed by atoms with E-state index in [-0.39, 0.29) is 5.97 Å². The summed E-state index contributed by atoms with van der Waals surface area (Å²) in [4.78, 5) is 12.3. The number of cyclic esters (lactones) is 1. The van der Waals surface area contributed by atoms with Gasteiger partial charge in [-0.1, -0.05) is 30.3 Å². The molecule has 1 aliphatic rings. The van der Waals surface area contributed by atoms with E-state index in [9.17, 15) is 4.79 Å². The summed E-state index contributed by atoms with van der Waals surface area (Å²) < 4.78 is 4.97. The number of fused-ring (bicyclic) bond motifs is 1. The van der Waals surface area contributed by atoms with Gasteiger partial charge in [-0.2, -0.15) is 0 Å². The Hall–Kier alpha value is -1.48. The van der Waals surface area contributed by atoms with Crippen LogP contribution in [-0.4, -0.2) is 18.3 Å². The molecule has 1 fully saturated rings. The molecular weight excluding hydrogens is 244 g/mol. The highest BCUT2D eigenvalue weighted by molar-refractivity contribution is 7.99. The van der Waals surface area contributed by atoms with Gasteiger partial charge in [0.25, 0.3) is 0 Å². The maximum atomic E-state index is 11.0. The van der Waals surface area contributed by atoms with Gasteiger partial charge in [-0.15, -0.1) is 11.8 Å². The van der Waals surface area contributed by atoms with E-state index in [4.69, 9.17) is 4.74 Å². The van der Waals surface area contributed by atoms with E-state index in [1.54, 1.807) is 11.8 Å². The Balaban J connectivity index is 1.69. The van der Waals surface area contributed by atoms with Crippen molar-refractivity contribution in [3.8, 4) is 0 Å². The lowest BCUT2D eigenvalue weighted by Gasteiger charge is -2.06. The minimum atomic E-state index is -0.0564. The second-order valence-electron chi connectivity index (χ2n) is 4.57. The number of hydrogen-bond acceptors (Lipinski definition) is 3. The number of benzene rings is 2. The van der Waals surface area contributed by atoms with Crippen LogP contribution in [0.5, 0.6) is 0 Å². The van der Waals surface area contributed by atoms with Crippen LogP contribution >= 0.6 is 11.8 Å². The molecule has 0 N–H and O–H groups in total. The van der Waals surface area contributed by atoms with Gasteiger partial charge in [0.05, 0.1) is 13.0 Å². The lowest BCUT2D eigenvalue weighted by Crippen LogP contribution is -2.02. The molecule has 2 nitrogen and oxygen atoms in total. The van der Waals surface area contributed by atoms with Crippen LogP contribution in [-0.2, 0) is 9.53 Å². The highest BCUT2D eigenvalue weighted by Crippen LogP contribution is 2.27. The van der Waals surface area contributed by atoms with E-state index in [0.29, 0.717) is 18.9 Å². The Morgan fingerprint density at radius 1 is 1.17 bits per heavy atom. The van der Waals surface area contributed by atoms with Gasteiger partial charge in [-0.3, -0.25) is 4.79 Å². The quantitative estimate of drug-likeness (QED) is 0.622. The van der Waals surface area contributed by atoms with Crippen molar-refractivity contribution in [1.29, 1.82) is 0 Å². The molecular formula is C15H14O2S. The summed E-state index contributed by atoms with van der Waals surface area (Å²) in [5, 5.41) is 2.53. The van der Waals surface area contributed by atoms with Gasteiger partial charge < -0.3 is 4.74 Å². The zero-order chi connectivity index (χ0) is 12.4. The van der Waals surface area contributed by atoms with E-state index in [0.717, 1.165) is 5.75 Å². The van der Waals surface area contributed by atoms with Crippen molar-refractivity contribution in [3.05, 3.63) is 42.5 Å². The number of ether oxygens (including phenoxy) is 1. The second-order valence-corrected chi connectivity index (χ2v) is 5.67. The first kappa shape index (κ1) is 11.6. The van der Waals surface area contributed by atoms with Crippen LogP contribution in [0.4, 0.5) is 0 Å². The molecule has 0 amide bonds. The van der Waals surface area contributed by atoms with Crippen LogP contribution in [0, 0.1) is 5.92 Å². The van der Waals surface area contributed by atoms with Gasteiger partial charge in [0.15, 0.2) is 0 Å². The fourth-order valence-corrected chi connectivity index (χ4v) is 3.16. The highest BCUT2D eigenvalue weighted by atomic mass is 32.2. The van der Waals surface area contributed by atoms with Gasteiger partial charge >= 0.3 is 5.97 Å². The van der Waals surface area contributed by atoms with Gasteiger partial charge in [-0.05, 0) is 22.9 Å². The fraction of sp³-hybridized carbons (Fsp3) is 0.267. The molecule has 0 unspecified atom stereocenters. The molecule has 0 aliphatic carbocycles. The lowest BCUT2D eigenvalue weighted by atomic mass is 10.1. The van der Waals surface area contributed by atoms with E-state index in [1.165, 1.54) is 15.7 Å². The Bertz CT molecular complexity index is 579. The predicted molar refractivity (Wildman–Crippen MR) is 73.7 cm³/mol. The SMILES string of the molecule is O=C1C[C@H](CSc2ccc3ccccc3c2)CO1. The number of thioether (sulfide) groups is 1. The number of rotatable bonds is 3. The van der Waals surface area contributed by atoms with Gasteiger partial charge in [0.2, 0.25) is 0 Å². The molecule has 0 aromatic heterocycles. The molecule has 0 bridgehead atoms. The molecule has 2 aromatic rings. The summed E-state index contributed by atoms with van der Waals surface area (Å²) in [7, 11) is 0. The van der Waals surface area contributed by atoms with Gasteiger partial charge in [0.1, 0.15) is 0 Å². The van der Waals surface area contributed by atoms with Crippen LogP contribution < -0.4 is 0 Å². The Morgan fingerprint density at radius 3 is 2.78 bits per heavy atom. The standard InChI is InChI=1S/C15H14O2S/c16-15-7-11(9-17-15)10-18-14-6-5-12-3-1-2-4-13(12)8-14/h1-6,8,11H,7,9-10H2/t11-/m0/s1. The molecule has 3 heteroatoms. The van der Waals surface area contributed by atoms with Crippen molar-refractivity contribution in [3.63, 3.8) is 0 Å². The maximum absolute atomic E-state index is 11.0. The summed E-state index contributed by atoms with van der Waals surface area (Å²) in [5.74, 6) is 1.26. The predicted octanol–water partition coefficient (Wildman–Crippen LogP) is 3.50. The molecule has 0 spiro atoms. The van der Waals surface area contributed by atoms with Crippen molar-refractivity contribution < 1.29 is 9.53 Å². The fourth-order valence-electron chi connectivity index (χ4n) is 2.14. The molecule has 18 heavy (non-hydrogen) atoms. The van der Waals surface area contributed by atoms with Crippen molar-refractivity contribution >= 4 is 28.5 Å². The third kappa shape index (κ3) is 2.51. The zero-order valence-corrected chi connectivity index (χ0v) is 10.8. The minimum absolute atomic E-state index is 0.0564. The summed E-state index contributed by atoms with van der Waals surface area (Å²) in [6.07, 6.45) is 0.570. The first-order valence-corrected chi connectivity index (χ1v) is 7.07. The average molecular weight is 258 g/mol. The van der Waals surface area contributed by atoms with Crippen molar-refractivity contribution in [1.82, 2.24) is 0 Å². The minimum Gasteiger partial charge on any atom is -0.465 e. The van der Waals surface area contributed by atoms with Crippen LogP contribution in [0.2, 0.25) is 0 Å². The zero-order valence-electron chi connectivity index (χ0n) is 9.96. The molecule has 0 saturated carbocycles. The van der Waals surface area contributed by atoms with Crippen molar-refractivity contribution in [2.24, 2.45) is 5.92 Å². The third-order valence-corrected chi connectivity index (χ3v) is 4.37. The normalized spacial score (nSPS) is 19.1. The van der Waals surface area contributed by atoms with Crippen molar-refractivity contribution in [2.75, 3.05) is 12.4 Å². The smallest absolute Gasteiger partial charge is 0.306 e. The summed E-state index contributed by atoms with van der Waals surface area (Å²) >= 11 is 1.80. The summed E-state index contributed by atoms with van der Waals surface area (Å²) in [6.45, 7) is 0.583. The number of hydrogen-bond donors (Lipinski definition) is 0. The van der Waals surface area contributed by atoms with Gasteiger partial charge in [0, 0.05) is 16.6 Å². The molecule has 3 rings (SSSR count). The molecule has 1 saturated heterocycles. The monoisotopic (exact) mass is 258 g/mol. The van der Waals surface area contributed by atoms with Gasteiger partial charge in [-0.25, -0.2) is 0 Å². The lowest BCUT2D eigenvalue weighted by molar-refractivity contribution is -0.137. The molecule has 1 aliphatic heterocycles. The number of carbonyl (C=O) groups is 1. The Kier molecular flexibility index (Phi) is 3.24. The topological polar surface area (TPSA) is 26.3 Å². The number of esters is 1. The van der Waals surface area contributed by atoms with Crippen LogP contribution in [0.25, 0.3) is 10.8 Å². The van der Waals surface area contributed by atoms with E-state index >= 15 is 0 Å². The van der Waals surface area contributed by atoms with Crippen LogP contribution in [0.3, 0.4) is 0 Å².